The zero-order chi connectivity index (χ0) is 15.8. The van der Waals surface area contributed by atoms with Gasteiger partial charge in [-0.15, -0.1) is 0 Å². The summed E-state index contributed by atoms with van der Waals surface area (Å²) < 4.78 is 12.1. The van der Waals surface area contributed by atoms with E-state index in [1.165, 1.54) is 0 Å². The highest BCUT2D eigenvalue weighted by atomic mass is 79.9. The Morgan fingerprint density at radius 1 is 1.22 bits per heavy atom. The lowest BCUT2D eigenvalue weighted by Gasteiger charge is -2.23. The van der Waals surface area contributed by atoms with Crippen molar-refractivity contribution in [2.45, 2.75) is 18.9 Å². The molecule has 6 heteroatoms. The number of hydrogen-bond acceptors (Lipinski definition) is 3. The predicted octanol–water partition coefficient (Wildman–Crippen LogP) is 3.43. The van der Waals surface area contributed by atoms with Gasteiger partial charge >= 0.3 is 0 Å². The van der Waals surface area contributed by atoms with Crippen LogP contribution in [0.15, 0.2) is 34.9 Å². The summed E-state index contributed by atoms with van der Waals surface area (Å²) in [4.78, 5) is 15.4. The number of benzene rings is 1. The van der Waals surface area contributed by atoms with Gasteiger partial charge in [0, 0.05) is 10.7 Å². The minimum absolute atomic E-state index is 0.000372. The molecule has 1 saturated carbocycles. The average molecular weight is 377 g/mol. The second-order valence-corrected chi connectivity index (χ2v) is 6.84. The molecule has 0 radical (unpaired) electrons. The van der Waals surface area contributed by atoms with Gasteiger partial charge in [-0.1, -0.05) is 6.07 Å². The van der Waals surface area contributed by atoms with Crippen LogP contribution in [0.1, 0.15) is 34.9 Å². The third-order valence-corrected chi connectivity index (χ3v) is 4.66. The van der Waals surface area contributed by atoms with Crippen molar-refractivity contribution in [3.63, 3.8) is 0 Å². The maximum Gasteiger partial charge on any atom is 0.268 e. The van der Waals surface area contributed by atoms with Gasteiger partial charge in [0.25, 0.3) is 5.91 Å². The smallest absolute Gasteiger partial charge is 0.268 e. The van der Waals surface area contributed by atoms with Crippen molar-refractivity contribution in [2.75, 3.05) is 13.2 Å². The quantitative estimate of drug-likeness (QED) is 0.858. The van der Waals surface area contributed by atoms with Crippen LogP contribution in [0, 0.1) is 5.92 Å². The number of halogens is 1. The maximum atomic E-state index is 12.4. The number of aromatic amines is 1. The van der Waals surface area contributed by atoms with Crippen molar-refractivity contribution >= 4 is 21.8 Å². The fourth-order valence-corrected chi connectivity index (χ4v) is 3.22. The van der Waals surface area contributed by atoms with E-state index in [0.29, 0.717) is 24.8 Å². The topological polar surface area (TPSA) is 63.4 Å². The van der Waals surface area contributed by atoms with E-state index >= 15 is 0 Å². The Labute approximate surface area is 142 Å². The zero-order valence-electron chi connectivity index (χ0n) is 12.5. The number of nitrogens with one attached hydrogen (secondary N) is 2. The molecular formula is C17H17BrN2O3. The molecule has 23 heavy (non-hydrogen) atoms. The molecule has 1 aliphatic carbocycles. The number of hydrogen-bond donors (Lipinski definition) is 2. The Morgan fingerprint density at radius 3 is 2.70 bits per heavy atom. The number of aromatic nitrogens is 1. The van der Waals surface area contributed by atoms with Crippen LogP contribution in [0.4, 0.5) is 0 Å². The van der Waals surface area contributed by atoms with Gasteiger partial charge < -0.3 is 19.8 Å². The summed E-state index contributed by atoms with van der Waals surface area (Å²) >= 11 is 3.35. The van der Waals surface area contributed by atoms with Crippen molar-refractivity contribution in [3.05, 3.63) is 46.2 Å². The molecule has 0 saturated heterocycles. The second kappa shape index (κ2) is 5.92. The lowest BCUT2D eigenvalue weighted by Crippen LogP contribution is -2.30. The summed E-state index contributed by atoms with van der Waals surface area (Å²) in [7, 11) is 0. The number of rotatable bonds is 4. The Bertz CT molecular complexity index is 739. The minimum atomic E-state index is -0.0949. The van der Waals surface area contributed by atoms with E-state index in [2.05, 4.69) is 26.2 Å². The van der Waals surface area contributed by atoms with Crippen molar-refractivity contribution in [1.29, 1.82) is 0 Å². The van der Waals surface area contributed by atoms with Gasteiger partial charge in [-0.2, -0.15) is 0 Å². The van der Waals surface area contributed by atoms with Crippen molar-refractivity contribution in [3.8, 4) is 11.5 Å². The van der Waals surface area contributed by atoms with Crippen LogP contribution in [0.25, 0.3) is 0 Å². The summed E-state index contributed by atoms with van der Waals surface area (Å²) in [6, 6.07) is 7.71. The second-order valence-electron chi connectivity index (χ2n) is 5.92. The first kappa shape index (κ1) is 14.6. The molecular weight excluding hydrogens is 360 g/mol. The lowest BCUT2D eigenvalue weighted by atomic mass is 10.0. The molecule has 4 rings (SSSR count). The fraction of sp³-hybridized carbons (Fsp3) is 0.353. The summed E-state index contributed by atoms with van der Waals surface area (Å²) in [6.07, 6.45) is 4.02. The Balaban J connectivity index is 1.57. The van der Waals surface area contributed by atoms with Crippen molar-refractivity contribution in [2.24, 2.45) is 5.92 Å². The molecule has 1 aromatic heterocycles. The average Bonchev–Trinajstić information content (AvgIpc) is 3.32. The Morgan fingerprint density at radius 2 is 2.00 bits per heavy atom. The van der Waals surface area contributed by atoms with Crippen LogP contribution in [0.5, 0.6) is 11.5 Å². The van der Waals surface area contributed by atoms with E-state index < -0.39 is 0 Å². The van der Waals surface area contributed by atoms with Gasteiger partial charge in [-0.3, -0.25) is 4.79 Å². The van der Waals surface area contributed by atoms with Crippen molar-refractivity contribution < 1.29 is 14.3 Å². The molecule has 1 aromatic carbocycles. The SMILES string of the molecule is O=C(NC(c1ccc2c(c1)OCCO2)C1CC1)c1cc(Br)c[nH]1. The molecule has 0 bridgehead atoms. The van der Waals surface area contributed by atoms with E-state index in [4.69, 9.17) is 9.47 Å². The van der Waals surface area contributed by atoms with Gasteiger partial charge in [-0.25, -0.2) is 0 Å². The maximum absolute atomic E-state index is 12.4. The van der Waals surface area contributed by atoms with Gasteiger partial charge in [-0.05, 0) is 58.5 Å². The molecule has 1 fully saturated rings. The molecule has 120 valence electrons. The van der Waals surface area contributed by atoms with Crippen LogP contribution in [-0.2, 0) is 0 Å². The molecule has 2 N–H and O–H groups in total. The van der Waals surface area contributed by atoms with Gasteiger partial charge in [0.1, 0.15) is 18.9 Å². The molecule has 2 heterocycles. The first-order valence-corrected chi connectivity index (χ1v) is 8.54. The molecule has 0 spiro atoms. The van der Waals surface area contributed by atoms with E-state index in [0.717, 1.165) is 34.4 Å². The number of H-pyrrole nitrogens is 1. The number of carbonyl (C=O) groups excluding carboxylic acids is 1. The first-order chi connectivity index (χ1) is 11.2. The Kier molecular flexibility index (Phi) is 3.77. The zero-order valence-corrected chi connectivity index (χ0v) is 14.1. The summed E-state index contributed by atoms with van der Waals surface area (Å²) in [5.74, 6) is 1.92. The molecule has 2 aromatic rings. The number of ether oxygens (including phenoxy) is 2. The van der Waals surface area contributed by atoms with Crippen LogP contribution in [-0.4, -0.2) is 24.1 Å². The van der Waals surface area contributed by atoms with E-state index in [9.17, 15) is 4.79 Å². The normalized spacial score (nSPS) is 17.6. The number of amides is 1. The van der Waals surface area contributed by atoms with Crippen LogP contribution >= 0.6 is 15.9 Å². The third-order valence-electron chi connectivity index (χ3n) is 4.20. The summed E-state index contributed by atoms with van der Waals surface area (Å²) in [5, 5.41) is 3.14. The Hall–Kier alpha value is -1.95. The predicted molar refractivity (Wildman–Crippen MR) is 88.9 cm³/mol. The largest absolute Gasteiger partial charge is 0.486 e. The highest BCUT2D eigenvalue weighted by Gasteiger charge is 2.34. The van der Waals surface area contributed by atoms with E-state index in [-0.39, 0.29) is 11.9 Å². The standard InChI is InChI=1S/C17H17BrN2O3/c18-12-8-13(19-9-12)17(21)20-16(10-1-2-10)11-3-4-14-15(7-11)23-6-5-22-14/h3-4,7-10,16,19H,1-2,5-6H2,(H,20,21). The highest BCUT2D eigenvalue weighted by Crippen LogP contribution is 2.43. The van der Waals surface area contributed by atoms with E-state index in [1.54, 1.807) is 12.3 Å². The molecule has 1 amide bonds. The summed E-state index contributed by atoms with van der Waals surface area (Å²) in [6.45, 7) is 1.14. The van der Waals surface area contributed by atoms with Gasteiger partial charge in [0.15, 0.2) is 11.5 Å². The number of carbonyl (C=O) groups is 1. The molecule has 1 aliphatic heterocycles. The minimum Gasteiger partial charge on any atom is -0.486 e. The molecule has 5 nitrogen and oxygen atoms in total. The van der Waals surface area contributed by atoms with Gasteiger partial charge in [0.05, 0.1) is 6.04 Å². The highest BCUT2D eigenvalue weighted by molar-refractivity contribution is 9.10. The van der Waals surface area contributed by atoms with E-state index in [1.807, 2.05) is 18.2 Å². The number of fused-ring (bicyclic) bond motifs is 1. The van der Waals surface area contributed by atoms with Crippen molar-refractivity contribution in [1.82, 2.24) is 10.3 Å². The first-order valence-electron chi connectivity index (χ1n) is 7.75. The van der Waals surface area contributed by atoms with Crippen LogP contribution in [0.2, 0.25) is 0 Å². The van der Waals surface area contributed by atoms with Gasteiger partial charge in [0.2, 0.25) is 0 Å². The summed E-state index contributed by atoms with van der Waals surface area (Å²) in [5.41, 5.74) is 1.62. The van der Waals surface area contributed by atoms with Crippen LogP contribution < -0.4 is 14.8 Å². The molecule has 1 unspecified atom stereocenters. The fourth-order valence-electron chi connectivity index (χ4n) is 2.87. The monoisotopic (exact) mass is 376 g/mol. The van der Waals surface area contributed by atoms with Crippen LogP contribution in [0.3, 0.4) is 0 Å². The molecule has 2 aliphatic rings. The third kappa shape index (κ3) is 3.08. The molecule has 1 atom stereocenters. The lowest BCUT2D eigenvalue weighted by molar-refractivity contribution is 0.0927.